The lowest BCUT2D eigenvalue weighted by Gasteiger charge is -2.09. The van der Waals surface area contributed by atoms with Crippen molar-refractivity contribution in [3.8, 4) is 0 Å². The van der Waals surface area contributed by atoms with Gasteiger partial charge in [-0.2, -0.15) is 13.2 Å². The summed E-state index contributed by atoms with van der Waals surface area (Å²) >= 11 is 0. The Bertz CT molecular complexity index is 495. The molecule has 0 aliphatic carbocycles. The highest BCUT2D eigenvalue weighted by Crippen LogP contribution is 2.29. The maximum absolute atomic E-state index is 12.3. The summed E-state index contributed by atoms with van der Waals surface area (Å²) in [5.41, 5.74) is -0.863. The molecule has 7 heteroatoms. The standard InChI is InChI=1S/C12H16F3NO2S/c1-2-3-4-9-16-19(17,18)11-7-5-10(6-8-11)12(13,14)15/h5-8,16H,2-4,9H2,1H3. The molecule has 0 spiro atoms. The molecule has 1 aromatic carbocycles. The maximum atomic E-state index is 12.3. The maximum Gasteiger partial charge on any atom is 0.416 e. The molecule has 0 saturated carbocycles. The van der Waals surface area contributed by atoms with Crippen LogP contribution in [0.15, 0.2) is 29.2 Å². The van der Waals surface area contributed by atoms with Crippen molar-refractivity contribution in [2.24, 2.45) is 0 Å². The van der Waals surface area contributed by atoms with Crippen LogP contribution in [0.5, 0.6) is 0 Å². The van der Waals surface area contributed by atoms with Gasteiger partial charge in [0.15, 0.2) is 0 Å². The van der Waals surface area contributed by atoms with E-state index < -0.39 is 21.8 Å². The van der Waals surface area contributed by atoms with Gasteiger partial charge in [0.05, 0.1) is 10.5 Å². The van der Waals surface area contributed by atoms with Crippen molar-refractivity contribution in [2.75, 3.05) is 6.54 Å². The van der Waals surface area contributed by atoms with Crippen LogP contribution in [-0.2, 0) is 16.2 Å². The number of benzene rings is 1. The van der Waals surface area contributed by atoms with E-state index in [2.05, 4.69) is 4.72 Å². The molecule has 1 rings (SSSR count). The second-order valence-electron chi connectivity index (χ2n) is 4.13. The van der Waals surface area contributed by atoms with E-state index in [1.807, 2.05) is 6.92 Å². The van der Waals surface area contributed by atoms with Crippen LogP contribution in [-0.4, -0.2) is 15.0 Å². The number of halogens is 3. The van der Waals surface area contributed by atoms with E-state index in [1.165, 1.54) is 0 Å². The first-order valence-electron chi connectivity index (χ1n) is 5.94. The minimum absolute atomic E-state index is 0.156. The van der Waals surface area contributed by atoms with Gasteiger partial charge in [-0.25, -0.2) is 13.1 Å². The molecule has 0 heterocycles. The van der Waals surface area contributed by atoms with Gasteiger partial charge >= 0.3 is 6.18 Å². The van der Waals surface area contributed by atoms with Crippen molar-refractivity contribution in [2.45, 2.75) is 37.3 Å². The summed E-state index contributed by atoms with van der Waals surface area (Å²) in [6, 6.07) is 3.46. The fourth-order valence-electron chi connectivity index (χ4n) is 1.49. The number of sulfonamides is 1. The van der Waals surface area contributed by atoms with Crippen LogP contribution < -0.4 is 4.72 Å². The molecule has 3 nitrogen and oxygen atoms in total. The molecule has 0 aliphatic heterocycles. The molecule has 0 atom stereocenters. The van der Waals surface area contributed by atoms with Crippen molar-refractivity contribution in [1.29, 1.82) is 0 Å². The van der Waals surface area contributed by atoms with Gasteiger partial charge in [-0.1, -0.05) is 19.8 Å². The zero-order chi connectivity index (χ0) is 14.5. The first-order valence-corrected chi connectivity index (χ1v) is 7.42. The Hall–Kier alpha value is -1.08. The van der Waals surface area contributed by atoms with Crippen LogP contribution in [0.4, 0.5) is 13.2 Å². The van der Waals surface area contributed by atoms with Crippen LogP contribution in [0.3, 0.4) is 0 Å². The normalized spacial score (nSPS) is 12.6. The van der Waals surface area contributed by atoms with Crippen molar-refractivity contribution < 1.29 is 21.6 Å². The molecule has 0 amide bonds. The largest absolute Gasteiger partial charge is 0.416 e. The van der Waals surface area contributed by atoms with Gasteiger partial charge in [-0.05, 0) is 30.7 Å². The second kappa shape index (κ2) is 6.38. The Balaban J connectivity index is 2.74. The molecule has 0 aliphatic rings. The van der Waals surface area contributed by atoms with Gasteiger partial charge < -0.3 is 0 Å². The minimum Gasteiger partial charge on any atom is -0.211 e. The predicted octanol–water partition coefficient (Wildman–Crippen LogP) is 3.17. The third kappa shape index (κ3) is 4.83. The summed E-state index contributed by atoms with van der Waals surface area (Å²) in [5.74, 6) is 0. The molecule has 19 heavy (non-hydrogen) atoms. The van der Waals surface area contributed by atoms with Crippen LogP contribution in [0.25, 0.3) is 0 Å². The summed E-state index contributed by atoms with van der Waals surface area (Å²) in [4.78, 5) is -0.156. The van der Waals surface area contributed by atoms with Gasteiger partial charge in [0.2, 0.25) is 10.0 Å². The highest BCUT2D eigenvalue weighted by Gasteiger charge is 2.30. The minimum atomic E-state index is -4.46. The number of hydrogen-bond acceptors (Lipinski definition) is 2. The first kappa shape index (κ1) is 16.0. The van der Waals surface area contributed by atoms with Crippen molar-refractivity contribution in [3.63, 3.8) is 0 Å². The fourth-order valence-corrected chi connectivity index (χ4v) is 2.56. The summed E-state index contributed by atoms with van der Waals surface area (Å²) in [5, 5.41) is 0. The predicted molar refractivity (Wildman–Crippen MR) is 66.2 cm³/mol. The average Bonchev–Trinajstić information content (AvgIpc) is 2.34. The Morgan fingerprint density at radius 3 is 2.16 bits per heavy atom. The Morgan fingerprint density at radius 2 is 1.68 bits per heavy atom. The highest BCUT2D eigenvalue weighted by atomic mass is 32.2. The summed E-state index contributed by atoms with van der Waals surface area (Å²) in [6.07, 6.45) is -1.90. The van der Waals surface area contributed by atoms with Crippen molar-refractivity contribution in [1.82, 2.24) is 4.72 Å². The molecule has 0 fully saturated rings. The Labute approximate surface area is 110 Å². The SMILES string of the molecule is CCCCCNS(=O)(=O)c1ccc(C(F)(F)F)cc1. The van der Waals surface area contributed by atoms with Gasteiger partial charge in [-0.15, -0.1) is 0 Å². The monoisotopic (exact) mass is 295 g/mol. The molecule has 0 bridgehead atoms. The van der Waals surface area contributed by atoms with E-state index >= 15 is 0 Å². The van der Waals surface area contributed by atoms with E-state index in [0.29, 0.717) is 6.42 Å². The number of unbranched alkanes of at least 4 members (excludes halogenated alkanes) is 2. The van der Waals surface area contributed by atoms with Crippen LogP contribution in [0, 0.1) is 0 Å². The average molecular weight is 295 g/mol. The topological polar surface area (TPSA) is 46.2 Å². The summed E-state index contributed by atoms with van der Waals surface area (Å²) in [7, 11) is -3.72. The second-order valence-corrected chi connectivity index (χ2v) is 5.89. The van der Waals surface area contributed by atoms with Crippen LogP contribution >= 0.6 is 0 Å². The van der Waals surface area contributed by atoms with E-state index in [-0.39, 0.29) is 11.4 Å². The molecule has 108 valence electrons. The molecule has 0 aromatic heterocycles. The van der Waals surface area contributed by atoms with Crippen molar-refractivity contribution in [3.05, 3.63) is 29.8 Å². The molecule has 0 unspecified atom stereocenters. The van der Waals surface area contributed by atoms with Gasteiger partial charge in [0.25, 0.3) is 0 Å². The van der Waals surface area contributed by atoms with E-state index in [9.17, 15) is 21.6 Å². The zero-order valence-electron chi connectivity index (χ0n) is 10.5. The molecule has 1 N–H and O–H groups in total. The lowest BCUT2D eigenvalue weighted by molar-refractivity contribution is -0.137. The van der Waals surface area contributed by atoms with Crippen molar-refractivity contribution >= 4 is 10.0 Å². The highest BCUT2D eigenvalue weighted by molar-refractivity contribution is 7.89. The summed E-state index contributed by atoms with van der Waals surface area (Å²) < 4.78 is 62.9. The zero-order valence-corrected chi connectivity index (χ0v) is 11.3. The Kier molecular flexibility index (Phi) is 5.37. The molecular weight excluding hydrogens is 279 g/mol. The molecular formula is C12H16F3NO2S. The number of rotatable bonds is 6. The summed E-state index contributed by atoms with van der Waals surface area (Å²) in [6.45, 7) is 2.28. The first-order chi connectivity index (χ1) is 8.77. The number of nitrogens with one attached hydrogen (secondary N) is 1. The van der Waals surface area contributed by atoms with E-state index in [4.69, 9.17) is 0 Å². The lowest BCUT2D eigenvalue weighted by atomic mass is 10.2. The quantitative estimate of drug-likeness (QED) is 0.819. The Morgan fingerprint density at radius 1 is 1.11 bits per heavy atom. The van der Waals surface area contributed by atoms with Gasteiger partial charge in [0.1, 0.15) is 0 Å². The van der Waals surface area contributed by atoms with Gasteiger partial charge in [0, 0.05) is 6.54 Å². The van der Waals surface area contributed by atoms with E-state index in [1.54, 1.807) is 0 Å². The third-order valence-electron chi connectivity index (χ3n) is 2.56. The fraction of sp³-hybridized carbons (Fsp3) is 0.500. The smallest absolute Gasteiger partial charge is 0.211 e. The molecule has 0 saturated heterocycles. The molecule has 1 aromatic rings. The van der Waals surface area contributed by atoms with Gasteiger partial charge in [-0.3, -0.25) is 0 Å². The molecule has 0 radical (unpaired) electrons. The number of hydrogen-bond donors (Lipinski definition) is 1. The van der Waals surface area contributed by atoms with Crippen LogP contribution in [0.1, 0.15) is 31.7 Å². The lowest BCUT2D eigenvalue weighted by Crippen LogP contribution is -2.24. The van der Waals surface area contributed by atoms with E-state index in [0.717, 1.165) is 37.1 Å². The van der Waals surface area contributed by atoms with Crippen LogP contribution in [0.2, 0.25) is 0 Å². The third-order valence-corrected chi connectivity index (χ3v) is 4.04. The number of alkyl halides is 3.